The molecule has 3 rings (SSSR count). The largest absolute Gasteiger partial charge is 0.493 e. The van der Waals surface area contributed by atoms with Crippen molar-refractivity contribution in [3.05, 3.63) is 29.7 Å². The van der Waals surface area contributed by atoms with Gasteiger partial charge in [-0.05, 0) is 31.0 Å². The molecule has 11 heteroatoms. The summed E-state index contributed by atoms with van der Waals surface area (Å²) in [4.78, 5) is 4.29. The molecule has 1 aromatic heterocycles. The van der Waals surface area contributed by atoms with Crippen molar-refractivity contribution in [2.75, 3.05) is 19.8 Å². The van der Waals surface area contributed by atoms with E-state index in [1.54, 1.807) is 4.58 Å². The van der Waals surface area contributed by atoms with Crippen LogP contribution in [0.5, 0.6) is 5.75 Å². The first-order valence-corrected chi connectivity index (χ1v) is 11.7. The number of benzene rings is 1. The first-order chi connectivity index (χ1) is 16.3. The van der Waals surface area contributed by atoms with Crippen LogP contribution in [0.3, 0.4) is 0 Å². The molecule has 1 saturated heterocycles. The summed E-state index contributed by atoms with van der Waals surface area (Å²) in [6, 6.07) is 3.18. The molecular weight excluding hydrogens is 451 g/mol. The van der Waals surface area contributed by atoms with Gasteiger partial charge in [0.1, 0.15) is 5.75 Å². The fourth-order valence-electron chi connectivity index (χ4n) is 4.23. The lowest BCUT2D eigenvalue weighted by atomic mass is 10.0. The zero-order valence-corrected chi connectivity index (χ0v) is 19.4. The van der Waals surface area contributed by atoms with Crippen LogP contribution in [0, 0.1) is 5.92 Å². The van der Waals surface area contributed by atoms with Crippen LogP contribution in [0.25, 0.3) is 11.4 Å². The number of aliphatic hydroxyl groups is 1. The molecule has 1 aliphatic rings. The third-order valence-electron chi connectivity index (χ3n) is 6.08. The number of unbranched alkanes of at least 4 members (excludes halogenated alkanes) is 5. The number of alkyl halides is 3. The molecule has 0 amide bonds. The van der Waals surface area contributed by atoms with Gasteiger partial charge in [-0.1, -0.05) is 44.2 Å². The third-order valence-corrected chi connectivity index (χ3v) is 6.08. The van der Waals surface area contributed by atoms with E-state index in [-0.39, 0.29) is 48.1 Å². The van der Waals surface area contributed by atoms with Crippen molar-refractivity contribution in [1.82, 2.24) is 10.1 Å². The van der Waals surface area contributed by atoms with Crippen molar-refractivity contribution in [3.8, 4) is 17.1 Å². The summed E-state index contributed by atoms with van der Waals surface area (Å²) in [7, 11) is 0. The van der Waals surface area contributed by atoms with Crippen LogP contribution in [0.4, 0.5) is 13.2 Å². The molecule has 2 atom stereocenters. The average Bonchev–Trinajstić information content (AvgIpc) is 3.44. The molecule has 0 radical (unpaired) electrons. The SMILES string of the molecule is CCCCCCCCOc1ccc(-c2noc([C@@H]3[C@@H](CO)CC[N+]3=C(N)N)n2)cc1C(F)(F)F. The van der Waals surface area contributed by atoms with Crippen LogP contribution in [-0.2, 0) is 6.18 Å². The minimum absolute atomic E-state index is 0.00195. The summed E-state index contributed by atoms with van der Waals surface area (Å²) >= 11 is 0. The van der Waals surface area contributed by atoms with E-state index in [0.29, 0.717) is 19.4 Å². The predicted octanol–water partition coefficient (Wildman–Crippen LogP) is 3.83. The molecule has 0 saturated carbocycles. The number of guanidine groups is 1. The van der Waals surface area contributed by atoms with E-state index in [0.717, 1.165) is 38.2 Å². The van der Waals surface area contributed by atoms with Gasteiger partial charge in [0.25, 0.3) is 5.89 Å². The summed E-state index contributed by atoms with van der Waals surface area (Å²) in [5.41, 5.74) is 10.7. The van der Waals surface area contributed by atoms with Crippen molar-refractivity contribution in [2.24, 2.45) is 17.4 Å². The minimum Gasteiger partial charge on any atom is -0.493 e. The minimum atomic E-state index is -4.60. The first kappa shape index (κ1) is 25.8. The van der Waals surface area contributed by atoms with Crippen LogP contribution >= 0.6 is 0 Å². The number of nitrogens with zero attached hydrogens (tertiary/aromatic N) is 3. The fourth-order valence-corrected chi connectivity index (χ4v) is 4.23. The standard InChI is InChI=1S/C23H32F3N5O3/c1-2-3-4-5-6-7-12-33-18-9-8-15(13-17(18)23(24,25)26)20-29-21(34-30-20)19-16(14-32)10-11-31(19)22(27)28/h8-9,13,16,19,32H,2-7,10-12,14H2,1H3,(H3,27,28)/p+1/t16-,19+/m1/s1. The van der Waals surface area contributed by atoms with Crippen molar-refractivity contribution in [1.29, 1.82) is 0 Å². The molecule has 1 fully saturated rings. The molecule has 34 heavy (non-hydrogen) atoms. The van der Waals surface area contributed by atoms with E-state index in [1.165, 1.54) is 12.1 Å². The molecule has 0 spiro atoms. The van der Waals surface area contributed by atoms with Gasteiger partial charge in [0.05, 0.1) is 18.7 Å². The zero-order valence-electron chi connectivity index (χ0n) is 19.4. The summed E-state index contributed by atoms with van der Waals surface area (Å²) in [5, 5.41) is 13.5. The fraction of sp³-hybridized carbons (Fsp3) is 0.609. The second kappa shape index (κ2) is 11.5. The van der Waals surface area contributed by atoms with Crippen molar-refractivity contribution < 1.29 is 32.1 Å². The number of aliphatic hydroxyl groups excluding tert-OH is 1. The van der Waals surface area contributed by atoms with Gasteiger partial charge in [-0.2, -0.15) is 18.2 Å². The Labute approximate surface area is 196 Å². The normalized spacial score (nSPS) is 18.4. The van der Waals surface area contributed by atoms with E-state index in [4.69, 9.17) is 20.7 Å². The lowest BCUT2D eigenvalue weighted by molar-refractivity contribution is -0.559. The highest BCUT2D eigenvalue weighted by Gasteiger charge is 2.40. The monoisotopic (exact) mass is 484 g/mol. The van der Waals surface area contributed by atoms with E-state index in [1.807, 2.05) is 0 Å². The number of nitrogens with two attached hydrogens (primary N) is 2. The quantitative estimate of drug-likeness (QED) is 0.252. The molecule has 1 aliphatic heterocycles. The number of hydrogen-bond donors (Lipinski definition) is 3. The Morgan fingerprint density at radius 3 is 2.62 bits per heavy atom. The molecule has 0 aliphatic carbocycles. The van der Waals surface area contributed by atoms with Crippen LogP contribution in [-0.4, -0.2) is 45.5 Å². The van der Waals surface area contributed by atoms with Crippen LogP contribution in [0.1, 0.15) is 69.4 Å². The van der Waals surface area contributed by atoms with Gasteiger partial charge >= 0.3 is 12.1 Å². The van der Waals surface area contributed by atoms with Crippen molar-refractivity contribution in [2.45, 2.75) is 64.1 Å². The third kappa shape index (κ3) is 6.19. The van der Waals surface area contributed by atoms with Gasteiger partial charge in [0.15, 0.2) is 6.04 Å². The summed E-state index contributed by atoms with van der Waals surface area (Å²) in [5.74, 6) is -0.272. The van der Waals surface area contributed by atoms with Gasteiger partial charge in [-0.25, -0.2) is 0 Å². The molecule has 0 bridgehead atoms. The molecule has 5 N–H and O–H groups in total. The Morgan fingerprint density at radius 1 is 1.21 bits per heavy atom. The highest BCUT2D eigenvalue weighted by Crippen LogP contribution is 2.39. The predicted molar refractivity (Wildman–Crippen MR) is 120 cm³/mol. The second-order valence-corrected chi connectivity index (χ2v) is 8.58. The molecule has 1 aromatic carbocycles. The topological polar surface area (TPSA) is 123 Å². The number of rotatable bonds is 11. The van der Waals surface area contributed by atoms with Crippen LogP contribution in [0.2, 0.25) is 0 Å². The maximum Gasteiger partial charge on any atom is 0.419 e. The Balaban J connectivity index is 1.77. The van der Waals surface area contributed by atoms with E-state index in [2.05, 4.69) is 17.1 Å². The molecule has 188 valence electrons. The van der Waals surface area contributed by atoms with Gasteiger partial charge < -0.3 is 14.4 Å². The molecular formula is C23H33F3N5O3+. The Morgan fingerprint density at radius 2 is 1.94 bits per heavy atom. The second-order valence-electron chi connectivity index (χ2n) is 8.58. The van der Waals surface area contributed by atoms with Gasteiger partial charge in [0, 0.05) is 18.1 Å². The number of hydrogen-bond acceptors (Lipinski definition) is 5. The average molecular weight is 485 g/mol. The van der Waals surface area contributed by atoms with Crippen molar-refractivity contribution >= 4 is 5.96 Å². The molecule has 2 heterocycles. The van der Waals surface area contributed by atoms with E-state index >= 15 is 0 Å². The summed E-state index contributed by atoms with van der Waals surface area (Å²) in [6.45, 7) is 2.70. The van der Waals surface area contributed by atoms with Gasteiger partial charge in [-0.15, -0.1) is 0 Å². The number of ether oxygens (including phenoxy) is 1. The zero-order chi connectivity index (χ0) is 24.7. The van der Waals surface area contributed by atoms with Gasteiger partial charge in [0.2, 0.25) is 5.82 Å². The molecule has 2 aromatic rings. The Hall–Kier alpha value is -2.82. The summed E-state index contributed by atoms with van der Waals surface area (Å²) in [6.07, 6.45) is 2.09. The van der Waals surface area contributed by atoms with Crippen molar-refractivity contribution in [3.63, 3.8) is 0 Å². The highest BCUT2D eigenvalue weighted by atomic mass is 19.4. The van der Waals surface area contributed by atoms with Crippen LogP contribution in [0.15, 0.2) is 22.7 Å². The Kier molecular flexibility index (Phi) is 8.76. The van der Waals surface area contributed by atoms with E-state index < -0.39 is 17.8 Å². The van der Waals surface area contributed by atoms with Crippen LogP contribution < -0.4 is 16.2 Å². The lowest BCUT2D eigenvalue weighted by Gasteiger charge is -2.15. The smallest absolute Gasteiger partial charge is 0.419 e. The number of halogens is 3. The first-order valence-electron chi connectivity index (χ1n) is 11.7. The lowest BCUT2D eigenvalue weighted by Crippen LogP contribution is -2.36. The van der Waals surface area contributed by atoms with E-state index in [9.17, 15) is 18.3 Å². The number of aromatic nitrogens is 2. The molecule has 0 unspecified atom stereocenters. The Bertz CT molecular complexity index is 973. The van der Waals surface area contributed by atoms with Gasteiger partial charge in [-0.3, -0.25) is 16.0 Å². The highest BCUT2D eigenvalue weighted by molar-refractivity contribution is 5.70. The summed E-state index contributed by atoms with van der Waals surface area (Å²) < 4.78 is 53.7. The maximum absolute atomic E-state index is 13.7. The molecule has 8 nitrogen and oxygen atoms in total. The maximum atomic E-state index is 13.7.